The van der Waals surface area contributed by atoms with Crippen molar-refractivity contribution in [1.29, 1.82) is 0 Å². The predicted octanol–water partition coefficient (Wildman–Crippen LogP) is 2.61. The van der Waals surface area contributed by atoms with E-state index in [-0.39, 0.29) is 36.0 Å². The quantitative estimate of drug-likeness (QED) is 0.492. The molecule has 8 heteroatoms. The fourth-order valence-corrected chi connectivity index (χ4v) is 3.57. The number of hydrogen-bond donors (Lipinski definition) is 2. The summed E-state index contributed by atoms with van der Waals surface area (Å²) < 4.78 is 11.5. The molecule has 0 spiro atoms. The van der Waals surface area contributed by atoms with Crippen LogP contribution >= 0.6 is 11.8 Å². The summed E-state index contributed by atoms with van der Waals surface area (Å²) in [4.78, 5) is 8.85. The zero-order chi connectivity index (χ0) is 17.4. The van der Waals surface area contributed by atoms with E-state index in [1.807, 2.05) is 17.7 Å². The van der Waals surface area contributed by atoms with Gasteiger partial charge >= 0.3 is 0 Å². The number of benzene rings is 1. The van der Waals surface area contributed by atoms with Gasteiger partial charge < -0.3 is 9.47 Å². The van der Waals surface area contributed by atoms with Crippen LogP contribution in [-0.4, -0.2) is 59.1 Å². The molecule has 3 atom stereocenters. The van der Waals surface area contributed by atoms with Crippen molar-refractivity contribution in [3.63, 3.8) is 0 Å². The lowest BCUT2D eigenvalue weighted by atomic mass is 9.98. The van der Waals surface area contributed by atoms with Crippen molar-refractivity contribution in [2.75, 3.05) is 26.4 Å². The van der Waals surface area contributed by atoms with Crippen LogP contribution in [0.3, 0.4) is 0 Å². The van der Waals surface area contributed by atoms with Crippen LogP contribution in [0.5, 0.6) is 0 Å². The van der Waals surface area contributed by atoms with Crippen molar-refractivity contribution < 1.29 is 24.7 Å². The predicted molar refractivity (Wildman–Crippen MR) is 91.4 cm³/mol. The molecular weight excluding hydrogens is 332 g/mol. The maximum Gasteiger partial charge on any atom is 0.0971 e. The number of aryl methyl sites for hydroxylation is 1. The molecule has 0 amide bonds. The minimum atomic E-state index is -0.327. The summed E-state index contributed by atoms with van der Waals surface area (Å²) in [6.45, 7) is 5.31. The minimum Gasteiger partial charge on any atom is -0.377 e. The molecule has 1 aliphatic rings. The highest BCUT2D eigenvalue weighted by atomic mass is 32.2. The fourth-order valence-electron chi connectivity index (χ4n) is 2.51. The lowest BCUT2D eigenvalue weighted by molar-refractivity contribution is -0.493. The number of rotatable bonds is 10. The van der Waals surface area contributed by atoms with Crippen molar-refractivity contribution in [2.24, 2.45) is 4.99 Å². The van der Waals surface area contributed by atoms with Crippen LogP contribution in [0.15, 0.2) is 29.3 Å². The summed E-state index contributed by atoms with van der Waals surface area (Å²) in [6.07, 6.45) is -0.0566. The summed E-state index contributed by atoms with van der Waals surface area (Å²) >= 11 is 1.70. The highest BCUT2D eigenvalue weighted by molar-refractivity contribution is 8.13. The van der Waals surface area contributed by atoms with Gasteiger partial charge in [0.05, 0.1) is 54.8 Å². The smallest absolute Gasteiger partial charge is 0.0971 e. The third-order valence-electron chi connectivity index (χ3n) is 3.74. The van der Waals surface area contributed by atoms with Crippen molar-refractivity contribution in [2.45, 2.75) is 31.2 Å². The molecule has 0 radical (unpaired) electrons. The summed E-state index contributed by atoms with van der Waals surface area (Å²) in [5, 5.41) is 16.7. The molecule has 0 bridgehead atoms. The molecule has 0 saturated heterocycles. The van der Waals surface area contributed by atoms with Crippen LogP contribution in [-0.2, 0) is 14.3 Å². The molecular formula is C16H24N2O5S. The molecule has 0 saturated carbocycles. The van der Waals surface area contributed by atoms with Gasteiger partial charge in [0.1, 0.15) is 0 Å². The van der Waals surface area contributed by atoms with Gasteiger partial charge in [0.25, 0.3) is 0 Å². The van der Waals surface area contributed by atoms with E-state index in [4.69, 9.17) is 19.9 Å². The monoisotopic (exact) mass is 356 g/mol. The molecule has 1 aliphatic heterocycles. The molecule has 1 heterocycles. The summed E-state index contributed by atoms with van der Waals surface area (Å²) in [7, 11) is 0. The zero-order valence-electron chi connectivity index (χ0n) is 13.9. The first kappa shape index (κ1) is 19.3. The van der Waals surface area contributed by atoms with E-state index in [1.54, 1.807) is 11.8 Å². The Bertz CT molecular complexity index is 529. The van der Waals surface area contributed by atoms with E-state index in [9.17, 15) is 0 Å². The first-order chi connectivity index (χ1) is 11.6. The second kappa shape index (κ2) is 10.1. The number of ether oxygens (including phenoxy) is 2. The van der Waals surface area contributed by atoms with Crippen molar-refractivity contribution in [3.8, 4) is 0 Å². The number of hydrogen-bond acceptors (Lipinski definition) is 8. The molecule has 2 N–H and O–H groups in total. The van der Waals surface area contributed by atoms with Crippen LogP contribution in [0, 0.1) is 6.92 Å². The molecule has 0 aliphatic carbocycles. The maximum atomic E-state index is 8.40. The summed E-state index contributed by atoms with van der Waals surface area (Å²) in [5.41, 5.74) is 4.27. The molecule has 0 fully saturated rings. The Morgan fingerprint density at radius 3 is 2.62 bits per heavy atom. The first-order valence-electron chi connectivity index (χ1n) is 7.82. The number of nitrogens with zero attached hydrogens (tertiary/aromatic N) is 2. The zero-order valence-corrected chi connectivity index (χ0v) is 14.7. The van der Waals surface area contributed by atoms with Crippen LogP contribution in [0.4, 0.5) is 0 Å². The Morgan fingerprint density at radius 2 is 1.96 bits per heavy atom. The van der Waals surface area contributed by atoms with Gasteiger partial charge in [0, 0.05) is 0 Å². The lowest BCUT2D eigenvalue weighted by Crippen LogP contribution is -2.27. The van der Waals surface area contributed by atoms with Crippen LogP contribution in [0.25, 0.3) is 0 Å². The Morgan fingerprint density at radius 1 is 1.21 bits per heavy atom. The topological polar surface area (TPSA) is 83.8 Å². The van der Waals surface area contributed by atoms with E-state index in [1.165, 1.54) is 11.1 Å². The Balaban J connectivity index is 1.85. The minimum absolute atomic E-state index is 0.0531. The Kier molecular flexibility index (Phi) is 8.13. The van der Waals surface area contributed by atoms with Gasteiger partial charge in [-0.25, -0.2) is 4.84 Å². The number of thioether (sulfide) groups is 1. The van der Waals surface area contributed by atoms with Gasteiger partial charge in [-0.3, -0.25) is 15.4 Å². The van der Waals surface area contributed by atoms with E-state index in [0.717, 1.165) is 0 Å². The summed E-state index contributed by atoms with van der Waals surface area (Å²) in [6, 6.07) is 8.42. The Labute approximate surface area is 146 Å². The van der Waals surface area contributed by atoms with E-state index >= 15 is 0 Å². The van der Waals surface area contributed by atoms with E-state index < -0.39 is 0 Å². The van der Waals surface area contributed by atoms with Crippen LogP contribution < -0.4 is 0 Å². The van der Waals surface area contributed by atoms with Gasteiger partial charge in [-0.2, -0.15) is 0 Å². The Hall–Kier alpha value is -1.00. The second-order valence-electron chi connectivity index (χ2n) is 5.44. The third kappa shape index (κ3) is 5.82. The van der Waals surface area contributed by atoms with Crippen LogP contribution in [0.1, 0.15) is 24.2 Å². The first-order valence-corrected chi connectivity index (χ1v) is 8.76. The van der Waals surface area contributed by atoms with Gasteiger partial charge in [0.2, 0.25) is 0 Å². The van der Waals surface area contributed by atoms with Crippen LogP contribution in [0.2, 0.25) is 0 Å². The molecule has 0 aromatic heterocycles. The van der Waals surface area contributed by atoms with Gasteiger partial charge in [0.15, 0.2) is 0 Å². The van der Waals surface area contributed by atoms with Crippen molar-refractivity contribution in [1.82, 2.24) is 5.39 Å². The number of aliphatic imine (C=N–C) groups is 1. The molecule has 1 aromatic carbocycles. The lowest BCUT2D eigenvalue weighted by Gasteiger charge is -2.27. The fraction of sp³-hybridized carbons (Fsp3) is 0.562. The van der Waals surface area contributed by atoms with Gasteiger partial charge in [-0.1, -0.05) is 24.3 Å². The largest absolute Gasteiger partial charge is 0.377 e. The van der Waals surface area contributed by atoms with E-state index in [0.29, 0.717) is 13.2 Å². The highest BCUT2D eigenvalue weighted by Gasteiger charge is 2.32. The third-order valence-corrected chi connectivity index (χ3v) is 4.94. The molecule has 24 heavy (non-hydrogen) atoms. The van der Waals surface area contributed by atoms with Gasteiger partial charge in [-0.05, 0) is 25.0 Å². The normalized spacial score (nSPS) is 21.5. The second-order valence-corrected chi connectivity index (χ2v) is 6.47. The summed E-state index contributed by atoms with van der Waals surface area (Å²) in [5.74, 6) is 0. The molecule has 3 unspecified atom stereocenters. The average molecular weight is 356 g/mol. The molecule has 1 aromatic rings. The molecule has 7 nitrogen and oxygen atoms in total. The molecule has 2 rings (SSSR count). The SMILES string of the molecule is Cc1ccccc1C(OCCOCCON(O)O)C1SC=NC1C. The maximum absolute atomic E-state index is 8.40. The van der Waals surface area contributed by atoms with Crippen molar-refractivity contribution in [3.05, 3.63) is 35.4 Å². The van der Waals surface area contributed by atoms with E-state index in [2.05, 4.69) is 35.8 Å². The average Bonchev–Trinajstić information content (AvgIpc) is 2.97. The van der Waals surface area contributed by atoms with Crippen molar-refractivity contribution >= 4 is 17.3 Å². The molecule has 134 valence electrons. The standard InChI is InChI=1S/C16H24N2O5S/c1-12-5-3-4-6-14(12)15(16-13(2)17-11-24-16)22-9-7-21-8-10-23-18(19)20/h3-6,11,13,15-16,19-20H,7-10H2,1-2H3. The highest BCUT2D eigenvalue weighted by Crippen LogP contribution is 2.36. The van der Waals surface area contributed by atoms with Gasteiger partial charge in [-0.15, -0.1) is 11.8 Å².